The van der Waals surface area contributed by atoms with Crippen LogP contribution in [0.15, 0.2) is 73.1 Å². The summed E-state index contributed by atoms with van der Waals surface area (Å²) in [6.45, 7) is 3.08. The number of hydrogen-bond acceptors (Lipinski definition) is 5. The first-order valence-electron chi connectivity index (χ1n) is 9.80. The van der Waals surface area contributed by atoms with Crippen molar-refractivity contribution in [2.75, 3.05) is 6.54 Å². The first-order chi connectivity index (χ1) is 14.8. The van der Waals surface area contributed by atoms with Crippen LogP contribution in [0.2, 0.25) is 0 Å². The van der Waals surface area contributed by atoms with Gasteiger partial charge in [0, 0.05) is 13.1 Å². The van der Waals surface area contributed by atoms with Crippen LogP contribution in [0.4, 0.5) is 0 Å². The molecular weight excluding hydrogens is 374 g/mol. The normalized spacial score (nSPS) is 10.9. The lowest BCUT2D eigenvalue weighted by atomic mass is 10.2. The molecule has 2 aromatic carbocycles. The van der Waals surface area contributed by atoms with Crippen LogP contribution in [-0.2, 0) is 26.2 Å². The van der Waals surface area contributed by atoms with Crippen LogP contribution < -0.4 is 0 Å². The monoisotopic (exact) mass is 397 g/mol. The van der Waals surface area contributed by atoms with Gasteiger partial charge < -0.3 is 0 Å². The van der Waals surface area contributed by atoms with E-state index in [-0.39, 0.29) is 0 Å². The van der Waals surface area contributed by atoms with Gasteiger partial charge in [-0.3, -0.25) is 4.90 Å². The molecule has 0 spiro atoms. The van der Waals surface area contributed by atoms with Crippen LogP contribution >= 0.6 is 0 Å². The van der Waals surface area contributed by atoms with Crippen LogP contribution in [0.1, 0.15) is 22.5 Å². The van der Waals surface area contributed by atoms with Crippen molar-refractivity contribution in [3.05, 3.63) is 95.6 Å². The van der Waals surface area contributed by atoms with E-state index in [4.69, 9.17) is 6.42 Å². The van der Waals surface area contributed by atoms with Crippen molar-refractivity contribution >= 4 is 0 Å². The summed E-state index contributed by atoms with van der Waals surface area (Å²) < 4.78 is 3.68. The first-order valence-corrected chi connectivity index (χ1v) is 9.80. The largest absolute Gasteiger partial charge is 0.280 e. The minimum absolute atomic E-state index is 0.497. The highest BCUT2D eigenvalue weighted by Crippen LogP contribution is 2.08. The van der Waals surface area contributed by atoms with Crippen molar-refractivity contribution < 1.29 is 0 Å². The maximum atomic E-state index is 5.58. The lowest BCUT2D eigenvalue weighted by Gasteiger charge is -2.16. The van der Waals surface area contributed by atoms with Gasteiger partial charge in [0.1, 0.15) is 0 Å². The molecule has 0 radical (unpaired) electrons. The second-order valence-corrected chi connectivity index (χ2v) is 7.14. The van der Waals surface area contributed by atoms with Gasteiger partial charge >= 0.3 is 0 Å². The molecule has 0 aliphatic heterocycles. The molecule has 0 amide bonds. The molecule has 0 aliphatic carbocycles. The van der Waals surface area contributed by atoms with E-state index in [1.54, 1.807) is 0 Å². The Morgan fingerprint density at radius 1 is 0.733 bits per heavy atom. The van der Waals surface area contributed by atoms with E-state index in [0.29, 0.717) is 32.7 Å². The van der Waals surface area contributed by atoms with Gasteiger partial charge in [-0.2, -0.15) is 0 Å². The molecule has 0 N–H and O–H groups in total. The quantitative estimate of drug-likeness (QED) is 0.406. The Kier molecular flexibility index (Phi) is 6.28. The SMILES string of the molecule is C#CCN(Cc1cn(Cc2ccccc2)nn1)Cc1cn(Cc2ccccc2)nn1. The Hall–Kier alpha value is -3.76. The summed E-state index contributed by atoms with van der Waals surface area (Å²) in [4.78, 5) is 2.10. The summed E-state index contributed by atoms with van der Waals surface area (Å²) in [5, 5.41) is 17.1. The van der Waals surface area contributed by atoms with Crippen molar-refractivity contribution in [2.45, 2.75) is 26.2 Å². The van der Waals surface area contributed by atoms with Gasteiger partial charge in [0.25, 0.3) is 0 Å². The molecule has 150 valence electrons. The fourth-order valence-corrected chi connectivity index (χ4v) is 3.27. The molecule has 2 heterocycles. The van der Waals surface area contributed by atoms with E-state index in [9.17, 15) is 0 Å². The predicted molar refractivity (Wildman–Crippen MR) is 114 cm³/mol. The third kappa shape index (κ3) is 5.40. The molecule has 4 aromatic rings. The van der Waals surface area contributed by atoms with Crippen LogP contribution in [0.3, 0.4) is 0 Å². The summed E-state index contributed by atoms with van der Waals surface area (Å²) in [5.41, 5.74) is 4.12. The Bertz CT molecular complexity index is 1010. The summed E-state index contributed by atoms with van der Waals surface area (Å²) in [5.74, 6) is 2.72. The second-order valence-electron chi connectivity index (χ2n) is 7.14. The maximum absolute atomic E-state index is 5.58. The van der Waals surface area contributed by atoms with Gasteiger partial charge in [0.05, 0.1) is 43.4 Å². The number of hydrogen-bond donors (Lipinski definition) is 0. The average molecular weight is 397 g/mol. The fraction of sp³-hybridized carbons (Fsp3) is 0.217. The van der Waals surface area contributed by atoms with Crippen LogP contribution in [0.5, 0.6) is 0 Å². The van der Waals surface area contributed by atoms with Gasteiger partial charge in [-0.25, -0.2) is 9.36 Å². The summed E-state index contributed by atoms with van der Waals surface area (Å²) in [6, 6.07) is 20.4. The van der Waals surface area contributed by atoms with Crippen LogP contribution in [0.25, 0.3) is 0 Å². The second kappa shape index (κ2) is 9.63. The minimum atomic E-state index is 0.497. The molecule has 0 bridgehead atoms. The Balaban J connectivity index is 1.37. The topological polar surface area (TPSA) is 64.7 Å². The summed E-state index contributed by atoms with van der Waals surface area (Å²) in [7, 11) is 0. The summed E-state index contributed by atoms with van der Waals surface area (Å²) in [6.07, 6.45) is 9.50. The van der Waals surface area contributed by atoms with Gasteiger partial charge in [-0.05, 0) is 11.1 Å². The van der Waals surface area contributed by atoms with Crippen LogP contribution in [-0.4, -0.2) is 41.4 Å². The lowest BCUT2D eigenvalue weighted by Crippen LogP contribution is -2.23. The molecule has 0 aliphatic rings. The zero-order valence-electron chi connectivity index (χ0n) is 16.7. The van der Waals surface area contributed by atoms with Crippen molar-refractivity contribution in [1.29, 1.82) is 0 Å². The maximum Gasteiger partial charge on any atom is 0.0967 e. The molecule has 7 heteroatoms. The number of rotatable bonds is 9. The molecule has 4 rings (SSSR count). The highest BCUT2D eigenvalue weighted by molar-refractivity contribution is 5.16. The highest BCUT2D eigenvalue weighted by atomic mass is 15.4. The number of terminal acetylenes is 1. The van der Waals surface area contributed by atoms with E-state index in [1.807, 2.05) is 58.2 Å². The third-order valence-electron chi connectivity index (χ3n) is 4.63. The number of nitrogens with zero attached hydrogens (tertiary/aromatic N) is 7. The highest BCUT2D eigenvalue weighted by Gasteiger charge is 2.12. The molecular formula is C23H23N7. The van der Waals surface area contributed by atoms with E-state index in [1.165, 1.54) is 11.1 Å². The molecule has 0 fully saturated rings. The molecule has 0 atom stereocenters. The van der Waals surface area contributed by atoms with Crippen molar-refractivity contribution in [2.24, 2.45) is 0 Å². The van der Waals surface area contributed by atoms with Gasteiger partial charge in [-0.1, -0.05) is 77.0 Å². The Morgan fingerprint density at radius 3 is 1.63 bits per heavy atom. The first kappa shape index (κ1) is 19.6. The zero-order valence-corrected chi connectivity index (χ0v) is 16.7. The van der Waals surface area contributed by atoms with Gasteiger partial charge in [-0.15, -0.1) is 16.6 Å². The van der Waals surface area contributed by atoms with Crippen molar-refractivity contribution in [3.63, 3.8) is 0 Å². The predicted octanol–water partition coefficient (Wildman–Crippen LogP) is 2.60. The zero-order chi connectivity index (χ0) is 20.6. The van der Waals surface area contributed by atoms with Crippen molar-refractivity contribution in [1.82, 2.24) is 34.9 Å². The van der Waals surface area contributed by atoms with E-state index >= 15 is 0 Å². The fourth-order valence-electron chi connectivity index (χ4n) is 3.27. The number of aromatic nitrogens is 6. The average Bonchev–Trinajstić information content (AvgIpc) is 3.39. The minimum Gasteiger partial charge on any atom is -0.280 e. The standard InChI is InChI=1S/C23H23N7/c1-2-13-28(16-22-18-29(26-24-22)14-20-9-5-3-6-10-20)17-23-19-30(27-25-23)15-21-11-7-4-8-12-21/h1,3-12,18-19H,13-17H2. The molecule has 0 saturated heterocycles. The van der Waals surface area contributed by atoms with Gasteiger partial charge in [0.2, 0.25) is 0 Å². The van der Waals surface area contributed by atoms with Gasteiger partial charge in [0.15, 0.2) is 0 Å². The van der Waals surface area contributed by atoms with Crippen LogP contribution in [0, 0.1) is 12.3 Å². The van der Waals surface area contributed by atoms with E-state index in [0.717, 1.165) is 11.4 Å². The molecule has 0 saturated carbocycles. The molecule has 2 aromatic heterocycles. The lowest BCUT2D eigenvalue weighted by molar-refractivity contribution is 0.283. The van der Waals surface area contributed by atoms with E-state index in [2.05, 4.69) is 55.7 Å². The molecule has 0 unspecified atom stereocenters. The number of benzene rings is 2. The Labute approximate surface area is 176 Å². The summed E-state index contributed by atoms with van der Waals surface area (Å²) >= 11 is 0. The smallest absolute Gasteiger partial charge is 0.0967 e. The molecule has 30 heavy (non-hydrogen) atoms. The third-order valence-corrected chi connectivity index (χ3v) is 4.63. The Morgan fingerprint density at radius 2 is 1.20 bits per heavy atom. The molecule has 7 nitrogen and oxygen atoms in total. The van der Waals surface area contributed by atoms with Crippen molar-refractivity contribution in [3.8, 4) is 12.3 Å². The van der Waals surface area contributed by atoms with E-state index < -0.39 is 0 Å².